The monoisotopic (exact) mass is 289 g/mol. The van der Waals surface area contributed by atoms with Crippen LogP contribution in [-0.2, 0) is 6.54 Å². The van der Waals surface area contributed by atoms with Crippen molar-refractivity contribution in [1.82, 2.24) is 19.9 Å². The first-order valence-corrected chi connectivity index (χ1v) is 7.75. The predicted molar refractivity (Wildman–Crippen MR) is 81.1 cm³/mol. The van der Waals surface area contributed by atoms with Gasteiger partial charge in [-0.05, 0) is 13.8 Å². The first-order valence-electron chi connectivity index (χ1n) is 6.87. The predicted octanol–water partition coefficient (Wildman–Crippen LogP) is 1.87. The molecule has 0 bridgehead atoms. The van der Waals surface area contributed by atoms with Crippen LogP contribution in [0, 0.1) is 13.8 Å². The van der Waals surface area contributed by atoms with Gasteiger partial charge in [-0.15, -0.1) is 11.3 Å². The molecular weight excluding hydrogens is 270 g/mol. The molecule has 0 aliphatic carbocycles. The Morgan fingerprint density at radius 3 is 2.45 bits per heavy atom. The third-order valence-electron chi connectivity index (χ3n) is 3.47. The zero-order chi connectivity index (χ0) is 13.9. The van der Waals surface area contributed by atoms with E-state index in [4.69, 9.17) is 0 Å². The summed E-state index contributed by atoms with van der Waals surface area (Å²) in [4.78, 5) is 18.1. The quantitative estimate of drug-likeness (QED) is 0.863. The van der Waals surface area contributed by atoms with Gasteiger partial charge in [0, 0.05) is 50.5 Å². The number of piperazine rings is 1. The van der Waals surface area contributed by atoms with E-state index in [1.54, 1.807) is 11.3 Å². The maximum absolute atomic E-state index is 4.56. The molecule has 0 radical (unpaired) electrons. The molecule has 3 rings (SSSR count). The summed E-state index contributed by atoms with van der Waals surface area (Å²) >= 11 is 1.74. The van der Waals surface area contributed by atoms with Crippen LogP contribution in [0.25, 0.3) is 0 Å². The highest BCUT2D eigenvalue weighted by atomic mass is 32.1. The summed E-state index contributed by atoms with van der Waals surface area (Å²) in [6.07, 6.45) is 3.72. The highest BCUT2D eigenvalue weighted by Gasteiger charge is 2.19. The molecule has 2 aromatic rings. The number of aromatic nitrogens is 3. The van der Waals surface area contributed by atoms with E-state index in [1.807, 2.05) is 26.2 Å². The lowest BCUT2D eigenvalue weighted by Gasteiger charge is -2.34. The van der Waals surface area contributed by atoms with Gasteiger partial charge in [0.15, 0.2) is 5.13 Å². The Kier molecular flexibility index (Phi) is 3.93. The van der Waals surface area contributed by atoms with Crippen molar-refractivity contribution in [1.29, 1.82) is 0 Å². The number of nitrogens with zero attached hydrogens (tertiary/aromatic N) is 5. The van der Waals surface area contributed by atoms with Gasteiger partial charge in [-0.2, -0.15) is 0 Å². The van der Waals surface area contributed by atoms with Crippen molar-refractivity contribution in [3.63, 3.8) is 0 Å². The van der Waals surface area contributed by atoms with Crippen molar-refractivity contribution >= 4 is 16.5 Å². The molecule has 20 heavy (non-hydrogen) atoms. The Morgan fingerprint density at radius 1 is 1.05 bits per heavy atom. The topological polar surface area (TPSA) is 45.2 Å². The summed E-state index contributed by atoms with van der Waals surface area (Å²) in [6, 6.07) is 0. The molecule has 106 valence electrons. The van der Waals surface area contributed by atoms with Crippen molar-refractivity contribution in [2.75, 3.05) is 31.1 Å². The van der Waals surface area contributed by atoms with Gasteiger partial charge in [-0.3, -0.25) is 14.9 Å². The Bertz CT molecular complexity index is 557. The van der Waals surface area contributed by atoms with Gasteiger partial charge in [0.1, 0.15) is 0 Å². The molecule has 1 fully saturated rings. The summed E-state index contributed by atoms with van der Waals surface area (Å²) in [5.41, 5.74) is 3.13. The molecule has 0 N–H and O–H groups in total. The molecule has 0 aromatic carbocycles. The largest absolute Gasteiger partial charge is 0.346 e. The lowest BCUT2D eigenvalue weighted by atomic mass is 10.3. The Labute approximate surface area is 123 Å². The average molecular weight is 289 g/mol. The number of thiazole rings is 1. The fourth-order valence-electron chi connectivity index (χ4n) is 2.31. The molecule has 1 saturated heterocycles. The van der Waals surface area contributed by atoms with Gasteiger partial charge in [0.05, 0.1) is 17.1 Å². The molecule has 1 aliphatic heterocycles. The van der Waals surface area contributed by atoms with E-state index in [2.05, 4.69) is 30.1 Å². The van der Waals surface area contributed by atoms with Gasteiger partial charge in [-0.1, -0.05) is 0 Å². The van der Waals surface area contributed by atoms with Crippen molar-refractivity contribution < 1.29 is 0 Å². The number of aryl methyl sites for hydroxylation is 2. The van der Waals surface area contributed by atoms with Gasteiger partial charge in [0.2, 0.25) is 0 Å². The molecule has 5 nitrogen and oxygen atoms in total. The Balaban J connectivity index is 1.54. The van der Waals surface area contributed by atoms with Crippen LogP contribution < -0.4 is 4.90 Å². The van der Waals surface area contributed by atoms with E-state index >= 15 is 0 Å². The van der Waals surface area contributed by atoms with Crippen LogP contribution in [0.15, 0.2) is 17.8 Å². The van der Waals surface area contributed by atoms with E-state index in [-0.39, 0.29) is 0 Å². The van der Waals surface area contributed by atoms with Gasteiger partial charge in [-0.25, -0.2) is 4.98 Å². The molecule has 0 saturated carbocycles. The number of anilines is 1. The molecule has 0 unspecified atom stereocenters. The van der Waals surface area contributed by atoms with E-state index in [9.17, 15) is 0 Å². The second kappa shape index (κ2) is 5.85. The van der Waals surface area contributed by atoms with Crippen LogP contribution >= 0.6 is 11.3 Å². The van der Waals surface area contributed by atoms with Crippen LogP contribution in [0.2, 0.25) is 0 Å². The minimum absolute atomic E-state index is 0.887. The molecular formula is C14H19N5S. The van der Waals surface area contributed by atoms with Gasteiger partial charge < -0.3 is 4.90 Å². The maximum atomic E-state index is 4.56. The fourth-order valence-corrected chi connectivity index (χ4v) is 3.17. The molecule has 0 amide bonds. The molecule has 3 heterocycles. The van der Waals surface area contributed by atoms with Crippen LogP contribution in [0.5, 0.6) is 0 Å². The first-order chi connectivity index (χ1) is 9.70. The summed E-state index contributed by atoms with van der Waals surface area (Å²) < 4.78 is 0. The second-order valence-electron chi connectivity index (χ2n) is 5.18. The fraction of sp³-hybridized carbons (Fsp3) is 0.500. The SMILES string of the molecule is Cc1cnc(CN2CCN(c3nc(C)cs3)CC2)cn1. The van der Waals surface area contributed by atoms with Crippen molar-refractivity contribution in [2.45, 2.75) is 20.4 Å². The molecule has 0 spiro atoms. The maximum Gasteiger partial charge on any atom is 0.185 e. The number of hydrogen-bond donors (Lipinski definition) is 0. The van der Waals surface area contributed by atoms with Crippen molar-refractivity contribution in [3.05, 3.63) is 34.9 Å². The zero-order valence-electron chi connectivity index (χ0n) is 11.9. The minimum Gasteiger partial charge on any atom is -0.346 e. The lowest BCUT2D eigenvalue weighted by Crippen LogP contribution is -2.46. The van der Waals surface area contributed by atoms with Gasteiger partial charge >= 0.3 is 0 Å². The molecule has 6 heteroatoms. The second-order valence-corrected chi connectivity index (χ2v) is 6.02. The molecule has 1 aliphatic rings. The van der Waals surface area contributed by atoms with E-state index < -0.39 is 0 Å². The summed E-state index contributed by atoms with van der Waals surface area (Å²) in [5.74, 6) is 0. The van der Waals surface area contributed by atoms with Crippen molar-refractivity contribution in [3.8, 4) is 0 Å². The van der Waals surface area contributed by atoms with Gasteiger partial charge in [0.25, 0.3) is 0 Å². The first kappa shape index (κ1) is 13.5. The number of hydrogen-bond acceptors (Lipinski definition) is 6. The Hall–Kier alpha value is -1.53. The number of rotatable bonds is 3. The van der Waals surface area contributed by atoms with Crippen LogP contribution in [0.1, 0.15) is 17.1 Å². The third kappa shape index (κ3) is 3.13. The molecule has 0 atom stereocenters. The summed E-state index contributed by atoms with van der Waals surface area (Å²) in [5, 5.41) is 3.26. The minimum atomic E-state index is 0.887. The standard InChI is InChI=1S/C14H19N5S/c1-11-7-16-13(8-15-11)9-18-3-5-19(6-4-18)14-17-12(2)10-20-14/h7-8,10H,3-6,9H2,1-2H3. The average Bonchev–Trinajstić information content (AvgIpc) is 2.89. The highest BCUT2D eigenvalue weighted by molar-refractivity contribution is 7.13. The highest BCUT2D eigenvalue weighted by Crippen LogP contribution is 2.21. The zero-order valence-corrected chi connectivity index (χ0v) is 12.7. The van der Waals surface area contributed by atoms with E-state index in [1.165, 1.54) is 0 Å². The van der Waals surface area contributed by atoms with E-state index in [0.29, 0.717) is 0 Å². The third-order valence-corrected chi connectivity index (χ3v) is 4.49. The van der Waals surface area contributed by atoms with Crippen molar-refractivity contribution in [2.24, 2.45) is 0 Å². The van der Waals surface area contributed by atoms with E-state index in [0.717, 1.165) is 54.9 Å². The normalized spacial score (nSPS) is 16.6. The molecule has 2 aromatic heterocycles. The van der Waals surface area contributed by atoms with Crippen LogP contribution in [-0.4, -0.2) is 46.0 Å². The van der Waals surface area contributed by atoms with Crippen LogP contribution in [0.3, 0.4) is 0 Å². The summed E-state index contributed by atoms with van der Waals surface area (Å²) in [7, 11) is 0. The lowest BCUT2D eigenvalue weighted by molar-refractivity contribution is 0.246. The van der Waals surface area contributed by atoms with Crippen LogP contribution in [0.4, 0.5) is 5.13 Å². The Morgan fingerprint density at radius 2 is 1.85 bits per heavy atom. The summed E-state index contributed by atoms with van der Waals surface area (Å²) in [6.45, 7) is 9.07. The smallest absolute Gasteiger partial charge is 0.185 e.